The molecule has 1 atom stereocenters. The van der Waals surface area contributed by atoms with Crippen molar-refractivity contribution in [2.45, 2.75) is 37.5 Å². The standard InChI is InChI=1S/C16H13F11O5/c1-4-9(28)30-5-8(6-31-12(29)7(2)3)32-11(13(17,18)16(25,26)27)10(14(19,20)21)15(22,23)24/h4,8H,1-2,5-6H2,3H3. The Bertz CT molecular complexity index is 744. The Balaban J connectivity index is 6.62. The van der Waals surface area contributed by atoms with Crippen molar-refractivity contribution in [2.24, 2.45) is 0 Å². The lowest BCUT2D eigenvalue weighted by Crippen LogP contribution is -2.45. The zero-order valence-corrected chi connectivity index (χ0v) is 15.7. The van der Waals surface area contributed by atoms with E-state index in [4.69, 9.17) is 0 Å². The molecule has 16 heteroatoms. The predicted octanol–water partition coefficient (Wildman–Crippen LogP) is 4.80. The largest absolute Gasteiger partial charge is 0.480 e. The van der Waals surface area contributed by atoms with Gasteiger partial charge >= 0.3 is 36.4 Å². The van der Waals surface area contributed by atoms with Gasteiger partial charge in [-0.2, -0.15) is 48.3 Å². The number of esters is 2. The molecule has 0 aliphatic carbocycles. The van der Waals surface area contributed by atoms with Gasteiger partial charge in [-0.05, 0) is 6.92 Å². The maximum absolute atomic E-state index is 13.7. The Hall–Kier alpha value is -2.81. The summed E-state index contributed by atoms with van der Waals surface area (Å²) in [5.74, 6) is -13.5. The van der Waals surface area contributed by atoms with E-state index in [9.17, 15) is 57.9 Å². The van der Waals surface area contributed by atoms with Gasteiger partial charge in [0.1, 0.15) is 13.2 Å². The third-order valence-corrected chi connectivity index (χ3v) is 3.05. The number of rotatable bonds is 9. The van der Waals surface area contributed by atoms with Gasteiger partial charge in [-0.3, -0.25) is 0 Å². The fraction of sp³-hybridized carbons (Fsp3) is 0.500. The molecular formula is C16H13F11O5. The molecule has 0 aliphatic heterocycles. The van der Waals surface area contributed by atoms with Gasteiger partial charge in [0, 0.05) is 11.6 Å². The number of allylic oxidation sites excluding steroid dienone is 2. The quantitative estimate of drug-likeness (QED) is 0.200. The summed E-state index contributed by atoms with van der Waals surface area (Å²) in [6.07, 6.45) is -22.8. The molecule has 0 aliphatic rings. The first-order valence-electron chi connectivity index (χ1n) is 7.78. The predicted molar refractivity (Wildman–Crippen MR) is 81.9 cm³/mol. The number of alkyl halides is 11. The van der Waals surface area contributed by atoms with Crippen LogP contribution in [0.25, 0.3) is 0 Å². The average Bonchev–Trinajstić information content (AvgIpc) is 2.58. The third kappa shape index (κ3) is 8.03. The molecule has 184 valence electrons. The van der Waals surface area contributed by atoms with E-state index in [-0.39, 0.29) is 0 Å². The van der Waals surface area contributed by atoms with Crippen LogP contribution in [0.3, 0.4) is 0 Å². The maximum atomic E-state index is 13.7. The Labute approximate surface area is 172 Å². The van der Waals surface area contributed by atoms with E-state index < -0.39 is 72.6 Å². The van der Waals surface area contributed by atoms with E-state index in [1.165, 1.54) is 0 Å². The highest BCUT2D eigenvalue weighted by molar-refractivity contribution is 5.86. The minimum absolute atomic E-state index is 0.394. The van der Waals surface area contributed by atoms with Crippen LogP contribution in [-0.2, 0) is 23.8 Å². The van der Waals surface area contributed by atoms with Gasteiger partial charge in [-0.25, -0.2) is 9.59 Å². The molecule has 0 N–H and O–H groups in total. The molecule has 0 amide bonds. The van der Waals surface area contributed by atoms with Gasteiger partial charge in [0.25, 0.3) is 0 Å². The highest BCUT2D eigenvalue weighted by Crippen LogP contribution is 2.50. The molecule has 0 bridgehead atoms. The van der Waals surface area contributed by atoms with Crippen LogP contribution < -0.4 is 0 Å². The molecule has 0 aromatic heterocycles. The summed E-state index contributed by atoms with van der Waals surface area (Å²) in [5.41, 5.74) is -4.70. The van der Waals surface area contributed by atoms with Crippen molar-refractivity contribution in [3.8, 4) is 0 Å². The minimum atomic E-state index is -6.97. The highest BCUT2D eigenvalue weighted by atomic mass is 19.4. The fourth-order valence-electron chi connectivity index (χ4n) is 1.65. The van der Waals surface area contributed by atoms with Gasteiger partial charge in [-0.1, -0.05) is 13.2 Å². The van der Waals surface area contributed by atoms with Crippen LogP contribution >= 0.6 is 0 Å². The monoisotopic (exact) mass is 494 g/mol. The molecule has 0 aromatic carbocycles. The smallest absolute Gasteiger partial charge is 0.461 e. The minimum Gasteiger partial charge on any atom is -0.480 e. The number of hydrogen-bond donors (Lipinski definition) is 0. The van der Waals surface area contributed by atoms with E-state index in [1.807, 2.05) is 0 Å². The molecule has 0 rings (SSSR count). The average molecular weight is 494 g/mol. The molecule has 0 saturated carbocycles. The Morgan fingerprint density at radius 2 is 1.31 bits per heavy atom. The van der Waals surface area contributed by atoms with Crippen molar-refractivity contribution in [1.82, 2.24) is 0 Å². The summed E-state index contributed by atoms with van der Waals surface area (Å²) in [6.45, 7) is 3.94. The number of carbonyl (C=O) groups is 2. The van der Waals surface area contributed by atoms with Gasteiger partial charge in [-0.15, -0.1) is 0 Å². The second kappa shape index (κ2) is 10.2. The van der Waals surface area contributed by atoms with Crippen molar-refractivity contribution in [3.63, 3.8) is 0 Å². The van der Waals surface area contributed by atoms with Crippen molar-refractivity contribution >= 4 is 11.9 Å². The summed E-state index contributed by atoms with van der Waals surface area (Å²) in [5, 5.41) is 0. The van der Waals surface area contributed by atoms with Gasteiger partial charge in [0.05, 0.1) is 0 Å². The van der Waals surface area contributed by atoms with E-state index in [1.54, 1.807) is 0 Å². The van der Waals surface area contributed by atoms with Gasteiger partial charge < -0.3 is 14.2 Å². The molecule has 0 radical (unpaired) electrons. The van der Waals surface area contributed by atoms with Crippen molar-refractivity contribution in [3.05, 3.63) is 36.1 Å². The first kappa shape index (κ1) is 29.2. The van der Waals surface area contributed by atoms with Crippen LogP contribution in [0.2, 0.25) is 0 Å². The lowest BCUT2D eigenvalue weighted by molar-refractivity contribution is -0.285. The van der Waals surface area contributed by atoms with E-state index in [2.05, 4.69) is 27.4 Å². The SMILES string of the molecule is C=CC(=O)OCC(COC(=O)C(=C)C)OC(=C(C(F)(F)F)C(F)(F)F)C(F)(F)C(F)(F)F. The summed E-state index contributed by atoms with van der Waals surface area (Å²) in [6, 6.07) is 0. The van der Waals surface area contributed by atoms with Crippen LogP contribution in [0.1, 0.15) is 6.92 Å². The first-order chi connectivity index (χ1) is 14.2. The number of hydrogen-bond acceptors (Lipinski definition) is 5. The topological polar surface area (TPSA) is 61.8 Å². The van der Waals surface area contributed by atoms with Crippen molar-refractivity contribution < 1.29 is 72.1 Å². The normalized spacial score (nSPS) is 13.6. The van der Waals surface area contributed by atoms with E-state index >= 15 is 0 Å². The summed E-state index contributed by atoms with van der Waals surface area (Å²) in [4.78, 5) is 22.4. The summed E-state index contributed by atoms with van der Waals surface area (Å²) < 4.78 is 155. The number of ether oxygens (including phenoxy) is 3. The second-order valence-corrected chi connectivity index (χ2v) is 5.72. The van der Waals surface area contributed by atoms with Crippen LogP contribution in [0.5, 0.6) is 0 Å². The number of carbonyl (C=O) groups excluding carboxylic acids is 2. The zero-order valence-electron chi connectivity index (χ0n) is 15.7. The molecule has 0 aromatic rings. The van der Waals surface area contributed by atoms with E-state index in [0.717, 1.165) is 6.92 Å². The molecule has 0 spiro atoms. The van der Waals surface area contributed by atoms with E-state index in [0.29, 0.717) is 6.08 Å². The summed E-state index contributed by atoms with van der Waals surface area (Å²) in [7, 11) is 0. The lowest BCUT2D eigenvalue weighted by Gasteiger charge is -2.30. The second-order valence-electron chi connectivity index (χ2n) is 5.72. The third-order valence-electron chi connectivity index (χ3n) is 3.05. The molecule has 0 heterocycles. The lowest BCUT2D eigenvalue weighted by atomic mass is 10.1. The highest BCUT2D eigenvalue weighted by Gasteiger charge is 2.68. The van der Waals surface area contributed by atoms with Gasteiger partial charge in [0.2, 0.25) is 0 Å². The van der Waals surface area contributed by atoms with Gasteiger partial charge in [0.15, 0.2) is 17.4 Å². The van der Waals surface area contributed by atoms with Crippen molar-refractivity contribution in [1.29, 1.82) is 0 Å². The van der Waals surface area contributed by atoms with Crippen LogP contribution in [0.15, 0.2) is 36.1 Å². The molecular weight excluding hydrogens is 481 g/mol. The first-order valence-corrected chi connectivity index (χ1v) is 7.78. The Kier molecular flexibility index (Phi) is 9.31. The molecule has 5 nitrogen and oxygen atoms in total. The molecule has 0 fully saturated rings. The Morgan fingerprint density at radius 1 is 0.875 bits per heavy atom. The molecule has 1 unspecified atom stereocenters. The maximum Gasteiger partial charge on any atom is 0.461 e. The molecule has 0 saturated heterocycles. The zero-order chi connectivity index (χ0) is 25.7. The summed E-state index contributed by atoms with van der Waals surface area (Å²) >= 11 is 0. The molecule has 32 heavy (non-hydrogen) atoms. The van der Waals surface area contributed by atoms with Crippen LogP contribution in [0, 0.1) is 0 Å². The van der Waals surface area contributed by atoms with Crippen molar-refractivity contribution in [2.75, 3.05) is 13.2 Å². The Morgan fingerprint density at radius 3 is 1.66 bits per heavy atom. The number of halogens is 11. The fourth-order valence-corrected chi connectivity index (χ4v) is 1.65. The van der Waals surface area contributed by atoms with Crippen LogP contribution in [0.4, 0.5) is 48.3 Å². The van der Waals surface area contributed by atoms with Crippen LogP contribution in [-0.4, -0.2) is 55.7 Å².